The van der Waals surface area contributed by atoms with E-state index in [0.717, 1.165) is 25.7 Å². The lowest BCUT2D eigenvalue weighted by Crippen LogP contribution is -2.45. The first kappa shape index (κ1) is 15.6. The molecule has 23 heavy (non-hydrogen) atoms. The number of hydrogen-bond donors (Lipinski definition) is 1. The molecule has 8 heteroatoms. The Labute approximate surface area is 138 Å². The van der Waals surface area contributed by atoms with Gasteiger partial charge in [-0.25, -0.2) is 0 Å². The summed E-state index contributed by atoms with van der Waals surface area (Å²) in [7, 11) is 1.83. The van der Waals surface area contributed by atoms with Crippen molar-refractivity contribution in [2.24, 2.45) is 7.05 Å². The molecule has 1 saturated carbocycles. The van der Waals surface area contributed by atoms with E-state index in [-0.39, 0.29) is 11.7 Å². The molecule has 1 amide bonds. The molecule has 2 aromatic heterocycles. The molecular formula is C15H17N5O2S. The Hall–Kier alpha value is -2.27. The number of amides is 1. The summed E-state index contributed by atoms with van der Waals surface area (Å²) in [6, 6.07) is 5.85. The zero-order valence-corrected chi connectivity index (χ0v) is 13.6. The first-order valence-corrected chi connectivity index (χ1v) is 8.40. The molecule has 0 aliphatic heterocycles. The van der Waals surface area contributed by atoms with Crippen LogP contribution < -0.4 is 5.32 Å². The minimum Gasteiger partial charge on any atom is -0.461 e. The number of furan rings is 1. The van der Waals surface area contributed by atoms with E-state index >= 15 is 0 Å². The summed E-state index contributed by atoms with van der Waals surface area (Å²) in [4.78, 5) is 12.1. The number of aromatic nitrogens is 3. The SMILES string of the molecule is Cn1c(SCC(=O)NC2(C#N)CCCC2)nnc1-c1ccco1. The molecule has 0 unspecified atom stereocenters. The maximum Gasteiger partial charge on any atom is 0.231 e. The van der Waals surface area contributed by atoms with E-state index in [1.807, 2.05) is 13.1 Å². The Morgan fingerprint density at radius 1 is 1.52 bits per heavy atom. The highest BCUT2D eigenvalue weighted by Gasteiger charge is 2.35. The second kappa shape index (κ2) is 6.46. The average Bonchev–Trinajstić information content (AvgIpc) is 3.27. The van der Waals surface area contributed by atoms with Crippen LogP contribution in [0.4, 0.5) is 0 Å². The minimum absolute atomic E-state index is 0.152. The van der Waals surface area contributed by atoms with Crippen LogP contribution in [0.15, 0.2) is 28.0 Å². The molecule has 1 aliphatic rings. The third kappa shape index (κ3) is 3.24. The van der Waals surface area contributed by atoms with Crippen LogP contribution in [-0.2, 0) is 11.8 Å². The van der Waals surface area contributed by atoms with Crippen LogP contribution in [0, 0.1) is 11.3 Å². The average molecular weight is 331 g/mol. The van der Waals surface area contributed by atoms with Crippen molar-refractivity contribution in [3.63, 3.8) is 0 Å². The molecular weight excluding hydrogens is 314 g/mol. The molecule has 3 rings (SSSR count). The van der Waals surface area contributed by atoms with Crippen molar-refractivity contribution in [1.82, 2.24) is 20.1 Å². The molecule has 0 atom stereocenters. The molecule has 0 aromatic carbocycles. The molecule has 2 heterocycles. The topological polar surface area (TPSA) is 96.7 Å². The van der Waals surface area contributed by atoms with Gasteiger partial charge in [-0.15, -0.1) is 10.2 Å². The highest BCUT2D eigenvalue weighted by Crippen LogP contribution is 2.29. The minimum atomic E-state index is -0.684. The van der Waals surface area contributed by atoms with Gasteiger partial charge in [-0.3, -0.25) is 4.79 Å². The van der Waals surface area contributed by atoms with Crippen LogP contribution in [0.1, 0.15) is 25.7 Å². The molecule has 2 aromatic rings. The zero-order valence-electron chi connectivity index (χ0n) is 12.8. The van der Waals surface area contributed by atoms with Crippen LogP contribution >= 0.6 is 11.8 Å². The Bertz CT molecular complexity index is 726. The van der Waals surface area contributed by atoms with Crippen molar-refractivity contribution in [1.29, 1.82) is 5.26 Å². The van der Waals surface area contributed by atoms with Gasteiger partial charge in [-0.2, -0.15) is 5.26 Å². The van der Waals surface area contributed by atoms with Crippen molar-refractivity contribution in [3.05, 3.63) is 18.4 Å². The van der Waals surface area contributed by atoms with E-state index in [0.29, 0.717) is 16.7 Å². The molecule has 7 nitrogen and oxygen atoms in total. The lowest BCUT2D eigenvalue weighted by atomic mass is 10.0. The number of nitrogens with zero attached hydrogens (tertiary/aromatic N) is 4. The predicted octanol–water partition coefficient (Wildman–Crippen LogP) is 2.12. The van der Waals surface area contributed by atoms with E-state index in [1.54, 1.807) is 16.9 Å². The summed E-state index contributed by atoms with van der Waals surface area (Å²) in [6.45, 7) is 0. The van der Waals surface area contributed by atoms with E-state index in [9.17, 15) is 10.1 Å². The Morgan fingerprint density at radius 3 is 2.96 bits per heavy atom. The van der Waals surface area contributed by atoms with Crippen LogP contribution in [0.2, 0.25) is 0 Å². The Kier molecular flexibility index (Phi) is 4.39. The molecule has 0 radical (unpaired) electrons. The van der Waals surface area contributed by atoms with Gasteiger partial charge in [-0.05, 0) is 37.8 Å². The van der Waals surface area contributed by atoms with Gasteiger partial charge in [0.25, 0.3) is 0 Å². The van der Waals surface area contributed by atoms with Gasteiger partial charge in [0, 0.05) is 7.05 Å². The van der Waals surface area contributed by atoms with E-state index in [1.165, 1.54) is 11.8 Å². The molecule has 120 valence electrons. The normalized spacial score (nSPS) is 16.2. The second-order valence-electron chi connectivity index (χ2n) is 5.58. The van der Waals surface area contributed by atoms with Crippen molar-refractivity contribution < 1.29 is 9.21 Å². The van der Waals surface area contributed by atoms with E-state index in [4.69, 9.17) is 4.42 Å². The van der Waals surface area contributed by atoms with Gasteiger partial charge in [-0.1, -0.05) is 11.8 Å². The number of nitrogens with one attached hydrogen (secondary N) is 1. The molecule has 1 aliphatic carbocycles. The molecule has 0 saturated heterocycles. The van der Waals surface area contributed by atoms with Crippen molar-refractivity contribution in [3.8, 4) is 17.7 Å². The summed E-state index contributed by atoms with van der Waals surface area (Å²) in [5.74, 6) is 1.29. The fourth-order valence-corrected chi connectivity index (χ4v) is 3.45. The lowest BCUT2D eigenvalue weighted by molar-refractivity contribution is -0.119. The summed E-state index contributed by atoms with van der Waals surface area (Å²) < 4.78 is 7.09. The Balaban J connectivity index is 1.61. The number of rotatable bonds is 5. The van der Waals surface area contributed by atoms with Crippen LogP contribution in [0.5, 0.6) is 0 Å². The second-order valence-corrected chi connectivity index (χ2v) is 6.52. The quantitative estimate of drug-likeness (QED) is 0.843. The number of thioether (sulfide) groups is 1. The van der Waals surface area contributed by atoms with Crippen molar-refractivity contribution in [2.75, 3.05) is 5.75 Å². The Morgan fingerprint density at radius 2 is 2.30 bits per heavy atom. The van der Waals surface area contributed by atoms with Gasteiger partial charge in [0.2, 0.25) is 5.91 Å². The number of nitriles is 1. The van der Waals surface area contributed by atoms with Crippen LogP contribution in [-0.4, -0.2) is 32.0 Å². The monoisotopic (exact) mass is 331 g/mol. The number of carbonyl (C=O) groups is 1. The molecule has 0 bridgehead atoms. The van der Waals surface area contributed by atoms with Crippen LogP contribution in [0.3, 0.4) is 0 Å². The number of carbonyl (C=O) groups excluding carboxylic acids is 1. The first-order chi connectivity index (χ1) is 11.1. The smallest absolute Gasteiger partial charge is 0.231 e. The van der Waals surface area contributed by atoms with E-state index < -0.39 is 5.54 Å². The zero-order chi connectivity index (χ0) is 16.3. The fourth-order valence-electron chi connectivity index (χ4n) is 2.74. The van der Waals surface area contributed by atoms with Crippen molar-refractivity contribution >= 4 is 17.7 Å². The first-order valence-electron chi connectivity index (χ1n) is 7.42. The van der Waals surface area contributed by atoms with Gasteiger partial charge >= 0.3 is 0 Å². The standard InChI is InChI=1S/C15H17N5O2S/c1-20-13(11-5-4-8-22-11)18-19-14(20)23-9-12(21)17-15(10-16)6-2-3-7-15/h4-5,8H,2-3,6-7,9H2,1H3,(H,17,21). The third-order valence-corrected chi connectivity index (χ3v) is 4.98. The number of hydrogen-bond acceptors (Lipinski definition) is 6. The van der Waals surface area contributed by atoms with Crippen molar-refractivity contribution in [2.45, 2.75) is 36.4 Å². The lowest BCUT2D eigenvalue weighted by Gasteiger charge is -2.21. The molecule has 1 N–H and O–H groups in total. The maximum absolute atomic E-state index is 12.1. The summed E-state index contributed by atoms with van der Waals surface area (Å²) in [5.41, 5.74) is -0.684. The van der Waals surface area contributed by atoms with Crippen LogP contribution in [0.25, 0.3) is 11.6 Å². The highest BCUT2D eigenvalue weighted by atomic mass is 32.2. The third-order valence-electron chi connectivity index (χ3n) is 3.96. The predicted molar refractivity (Wildman–Crippen MR) is 84.4 cm³/mol. The summed E-state index contributed by atoms with van der Waals surface area (Å²) in [5, 5.41) is 21.0. The van der Waals surface area contributed by atoms with E-state index in [2.05, 4.69) is 21.6 Å². The summed E-state index contributed by atoms with van der Waals surface area (Å²) in [6.07, 6.45) is 5.00. The maximum atomic E-state index is 12.1. The fraction of sp³-hybridized carbons (Fsp3) is 0.467. The molecule has 1 fully saturated rings. The van der Waals surface area contributed by atoms with Gasteiger partial charge in [0.05, 0.1) is 18.1 Å². The van der Waals surface area contributed by atoms with Gasteiger partial charge in [0.1, 0.15) is 5.54 Å². The highest BCUT2D eigenvalue weighted by molar-refractivity contribution is 7.99. The van der Waals surface area contributed by atoms with Gasteiger partial charge in [0.15, 0.2) is 16.7 Å². The summed E-state index contributed by atoms with van der Waals surface area (Å²) >= 11 is 1.29. The van der Waals surface area contributed by atoms with Gasteiger partial charge < -0.3 is 14.3 Å². The molecule has 0 spiro atoms. The largest absolute Gasteiger partial charge is 0.461 e.